The standard InChI is InChI=1S/C28H27N3O2S/c32-27(29-25-13-5-4-12-24(25)21-8-2-1-3-9-21)26-20-34-28(30-26)22-14-17-31(18-15-22)16-6-10-23-11-7-19-33-23/h1-13,19-20,22H,14-18H2,(H,29,32). The SMILES string of the molecule is O=C(Nc1ccccc1-c1ccccc1)c1csc(C2CCN(CC=Cc3ccco3)CC2)n1. The summed E-state index contributed by atoms with van der Waals surface area (Å²) in [5.41, 5.74) is 3.36. The van der Waals surface area contributed by atoms with Gasteiger partial charge in [-0.3, -0.25) is 9.69 Å². The lowest BCUT2D eigenvalue weighted by Gasteiger charge is -2.30. The van der Waals surface area contributed by atoms with E-state index in [1.165, 1.54) is 0 Å². The normalized spacial score (nSPS) is 15.1. The first-order valence-electron chi connectivity index (χ1n) is 11.6. The van der Waals surface area contributed by atoms with E-state index in [0.29, 0.717) is 11.6 Å². The Bertz CT molecular complexity index is 1240. The molecule has 1 amide bonds. The van der Waals surface area contributed by atoms with Gasteiger partial charge in [0.25, 0.3) is 5.91 Å². The van der Waals surface area contributed by atoms with Gasteiger partial charge in [-0.15, -0.1) is 11.3 Å². The van der Waals surface area contributed by atoms with Gasteiger partial charge in [0.1, 0.15) is 11.5 Å². The number of nitrogens with one attached hydrogen (secondary N) is 1. The van der Waals surface area contributed by atoms with E-state index in [9.17, 15) is 4.79 Å². The molecular formula is C28H27N3O2S. The second kappa shape index (κ2) is 10.6. The van der Waals surface area contributed by atoms with Crippen LogP contribution in [0.15, 0.2) is 88.9 Å². The fourth-order valence-electron chi connectivity index (χ4n) is 4.29. The Balaban J connectivity index is 1.18. The number of amides is 1. The van der Waals surface area contributed by atoms with Gasteiger partial charge in [-0.2, -0.15) is 0 Å². The maximum atomic E-state index is 13.0. The molecule has 0 aliphatic carbocycles. The Morgan fingerprint density at radius 1 is 1.06 bits per heavy atom. The number of carbonyl (C=O) groups is 1. The van der Waals surface area contributed by atoms with E-state index in [1.807, 2.05) is 78.2 Å². The number of anilines is 1. The van der Waals surface area contributed by atoms with Crippen LogP contribution in [0, 0.1) is 0 Å². The minimum atomic E-state index is -0.161. The molecule has 34 heavy (non-hydrogen) atoms. The summed E-state index contributed by atoms with van der Waals surface area (Å²) >= 11 is 1.60. The average molecular weight is 470 g/mol. The molecule has 0 saturated carbocycles. The highest BCUT2D eigenvalue weighted by molar-refractivity contribution is 7.10. The number of para-hydroxylation sites is 1. The Morgan fingerprint density at radius 3 is 2.65 bits per heavy atom. The fourth-order valence-corrected chi connectivity index (χ4v) is 5.27. The summed E-state index contributed by atoms with van der Waals surface area (Å²) in [5, 5.41) is 6.01. The molecule has 0 atom stereocenters. The summed E-state index contributed by atoms with van der Waals surface area (Å²) in [5.74, 6) is 1.13. The molecule has 1 aliphatic heterocycles. The number of nitrogens with zero attached hydrogens (tertiary/aromatic N) is 2. The van der Waals surface area contributed by atoms with Crippen LogP contribution in [0.5, 0.6) is 0 Å². The minimum Gasteiger partial charge on any atom is -0.465 e. The first-order valence-corrected chi connectivity index (χ1v) is 12.5. The summed E-state index contributed by atoms with van der Waals surface area (Å²) < 4.78 is 5.34. The molecule has 2 aromatic carbocycles. The van der Waals surface area contributed by atoms with E-state index in [-0.39, 0.29) is 5.91 Å². The Labute approximate surface area is 203 Å². The zero-order valence-electron chi connectivity index (χ0n) is 18.9. The largest absolute Gasteiger partial charge is 0.465 e. The third-order valence-corrected chi connectivity index (χ3v) is 7.15. The Kier molecular flexibility index (Phi) is 6.98. The molecule has 0 radical (unpaired) electrons. The highest BCUT2D eigenvalue weighted by atomic mass is 32.1. The maximum Gasteiger partial charge on any atom is 0.275 e. The van der Waals surface area contributed by atoms with Crippen molar-refractivity contribution in [3.8, 4) is 11.1 Å². The van der Waals surface area contributed by atoms with Crippen molar-refractivity contribution in [2.75, 3.05) is 25.0 Å². The molecule has 0 unspecified atom stereocenters. The number of aromatic nitrogens is 1. The van der Waals surface area contributed by atoms with E-state index >= 15 is 0 Å². The summed E-state index contributed by atoms with van der Waals surface area (Å²) in [4.78, 5) is 20.1. The molecule has 0 bridgehead atoms. The van der Waals surface area contributed by atoms with Crippen LogP contribution in [0.3, 0.4) is 0 Å². The third-order valence-electron chi connectivity index (χ3n) is 6.14. The van der Waals surface area contributed by atoms with Crippen molar-refractivity contribution in [2.45, 2.75) is 18.8 Å². The van der Waals surface area contributed by atoms with Crippen LogP contribution in [-0.2, 0) is 0 Å². The minimum absolute atomic E-state index is 0.161. The quantitative estimate of drug-likeness (QED) is 0.333. The van der Waals surface area contributed by atoms with Crippen molar-refractivity contribution in [1.82, 2.24) is 9.88 Å². The Morgan fingerprint density at radius 2 is 1.85 bits per heavy atom. The number of rotatable bonds is 7. The smallest absolute Gasteiger partial charge is 0.275 e. The van der Waals surface area contributed by atoms with Crippen LogP contribution in [-0.4, -0.2) is 35.4 Å². The van der Waals surface area contributed by atoms with Gasteiger partial charge in [0.05, 0.1) is 11.3 Å². The number of benzene rings is 2. The lowest BCUT2D eigenvalue weighted by atomic mass is 9.97. The van der Waals surface area contributed by atoms with Gasteiger partial charge in [-0.25, -0.2) is 4.98 Å². The van der Waals surface area contributed by atoms with Gasteiger partial charge in [0, 0.05) is 29.1 Å². The van der Waals surface area contributed by atoms with Crippen LogP contribution in [0.2, 0.25) is 0 Å². The number of likely N-dealkylation sites (tertiary alicyclic amines) is 1. The number of hydrogen-bond donors (Lipinski definition) is 1. The van der Waals surface area contributed by atoms with Crippen LogP contribution in [0.4, 0.5) is 5.69 Å². The predicted octanol–water partition coefficient (Wildman–Crippen LogP) is 6.55. The molecule has 4 aromatic rings. The van der Waals surface area contributed by atoms with Crippen molar-refractivity contribution in [1.29, 1.82) is 0 Å². The van der Waals surface area contributed by atoms with E-state index in [4.69, 9.17) is 9.40 Å². The number of carbonyl (C=O) groups excluding carboxylic acids is 1. The number of hydrogen-bond acceptors (Lipinski definition) is 5. The van der Waals surface area contributed by atoms with Crippen LogP contribution >= 0.6 is 11.3 Å². The zero-order chi connectivity index (χ0) is 23.2. The van der Waals surface area contributed by atoms with E-state index in [0.717, 1.165) is 60.1 Å². The highest BCUT2D eigenvalue weighted by Crippen LogP contribution is 2.31. The number of piperidine rings is 1. The lowest BCUT2D eigenvalue weighted by molar-refractivity contribution is 0.102. The first-order chi connectivity index (χ1) is 16.8. The van der Waals surface area contributed by atoms with Gasteiger partial charge in [0.15, 0.2) is 0 Å². The summed E-state index contributed by atoms with van der Waals surface area (Å²) in [6.07, 6.45) is 7.97. The van der Waals surface area contributed by atoms with Crippen LogP contribution in [0.1, 0.15) is 40.0 Å². The van der Waals surface area contributed by atoms with Crippen molar-refractivity contribution in [3.05, 3.63) is 101 Å². The summed E-state index contributed by atoms with van der Waals surface area (Å²) in [6.45, 7) is 2.97. The van der Waals surface area contributed by atoms with Crippen molar-refractivity contribution < 1.29 is 9.21 Å². The van der Waals surface area contributed by atoms with Gasteiger partial charge in [-0.05, 0) is 55.8 Å². The monoisotopic (exact) mass is 469 g/mol. The molecule has 172 valence electrons. The fraction of sp³-hybridized carbons (Fsp3) is 0.214. The van der Waals surface area contributed by atoms with Crippen LogP contribution < -0.4 is 5.32 Å². The molecule has 1 fully saturated rings. The lowest BCUT2D eigenvalue weighted by Crippen LogP contribution is -2.33. The van der Waals surface area contributed by atoms with E-state index in [1.54, 1.807) is 17.6 Å². The second-order valence-corrected chi connectivity index (χ2v) is 9.32. The topological polar surface area (TPSA) is 58.4 Å². The first kappa shape index (κ1) is 22.3. The highest BCUT2D eigenvalue weighted by Gasteiger charge is 2.23. The van der Waals surface area contributed by atoms with Crippen molar-refractivity contribution in [3.63, 3.8) is 0 Å². The number of thiazole rings is 1. The summed E-state index contributed by atoms with van der Waals surface area (Å²) in [6, 6.07) is 21.8. The molecule has 1 aliphatic rings. The molecule has 0 spiro atoms. The van der Waals surface area contributed by atoms with E-state index < -0.39 is 0 Å². The van der Waals surface area contributed by atoms with Gasteiger partial charge in [-0.1, -0.05) is 54.6 Å². The van der Waals surface area contributed by atoms with E-state index in [2.05, 4.69) is 16.3 Å². The maximum absolute atomic E-state index is 13.0. The molecule has 1 N–H and O–H groups in total. The number of furan rings is 1. The molecular weight excluding hydrogens is 442 g/mol. The van der Waals surface area contributed by atoms with Gasteiger partial charge < -0.3 is 9.73 Å². The second-order valence-electron chi connectivity index (χ2n) is 8.43. The van der Waals surface area contributed by atoms with Crippen molar-refractivity contribution >= 4 is 29.0 Å². The molecule has 1 saturated heterocycles. The predicted molar refractivity (Wildman–Crippen MR) is 138 cm³/mol. The zero-order valence-corrected chi connectivity index (χ0v) is 19.7. The Hall–Kier alpha value is -3.48. The molecule has 6 heteroatoms. The summed E-state index contributed by atoms with van der Waals surface area (Å²) in [7, 11) is 0. The molecule has 2 aromatic heterocycles. The molecule has 3 heterocycles. The third kappa shape index (κ3) is 5.35. The van der Waals surface area contributed by atoms with Gasteiger partial charge >= 0.3 is 0 Å². The van der Waals surface area contributed by atoms with Crippen molar-refractivity contribution in [2.24, 2.45) is 0 Å². The van der Waals surface area contributed by atoms with Crippen LogP contribution in [0.25, 0.3) is 17.2 Å². The average Bonchev–Trinajstić information content (AvgIpc) is 3.58. The molecule has 5 rings (SSSR count). The molecule has 5 nitrogen and oxygen atoms in total. The van der Waals surface area contributed by atoms with Gasteiger partial charge in [0.2, 0.25) is 0 Å².